The van der Waals surface area contributed by atoms with Crippen molar-refractivity contribution in [2.45, 2.75) is 0 Å². The molecule has 0 saturated carbocycles. The molecule has 0 unspecified atom stereocenters. The van der Waals surface area contributed by atoms with Crippen molar-refractivity contribution in [1.29, 1.82) is 0 Å². The summed E-state index contributed by atoms with van der Waals surface area (Å²) >= 11 is 0. The van der Waals surface area contributed by atoms with E-state index in [1.165, 1.54) is 120 Å². The molecule has 0 atom stereocenters. The van der Waals surface area contributed by atoms with Gasteiger partial charge in [-0.2, -0.15) is 0 Å². The molecule has 0 saturated heterocycles. The average Bonchev–Trinajstić information content (AvgIpc) is 3.88. The Morgan fingerprint density at radius 3 is 1.65 bits per heavy atom. The Hall–Kier alpha value is -7.04. The first-order chi connectivity index (χ1) is 26.8. The van der Waals surface area contributed by atoms with Gasteiger partial charge < -0.3 is 13.7 Å². The molecular weight excluding hydrogens is 653 g/mol. The number of aromatic nitrogens is 3. The van der Waals surface area contributed by atoms with Gasteiger partial charge in [0, 0.05) is 49.4 Å². The first kappa shape index (κ1) is 27.6. The zero-order valence-electron chi connectivity index (χ0n) is 29.1. The maximum atomic E-state index is 2.59. The highest BCUT2D eigenvalue weighted by atomic mass is 15.0. The third-order valence-corrected chi connectivity index (χ3v) is 12.8. The van der Waals surface area contributed by atoms with Crippen LogP contribution < -0.4 is 16.4 Å². The molecule has 0 N–H and O–H groups in total. The fourth-order valence-electron chi connectivity index (χ4n) is 10.8. The van der Waals surface area contributed by atoms with E-state index in [0.717, 1.165) is 0 Å². The van der Waals surface area contributed by atoms with Crippen molar-refractivity contribution in [3.8, 4) is 17.1 Å². The summed E-state index contributed by atoms with van der Waals surface area (Å²) in [5, 5.41) is 13.0. The first-order valence-electron chi connectivity index (χ1n) is 18.9. The number of benzene rings is 9. The standard InChI is InChI=1S/C50H28BN3/c1-2-14-30(15-3-1)52-40-20-9-6-17-32(40)37-27-38-33-18-7-10-21-41(33)53-43-23-12-24-44-46(43)51(47(48(37)52)49(38)53)39-28-36-31-16-5-4-13-29(31)25-26-34(36)45-35-19-8-11-22-42(35)54(44)50(39)45/h1-28H. The Morgan fingerprint density at radius 1 is 0.333 bits per heavy atom. The van der Waals surface area contributed by atoms with E-state index >= 15 is 0 Å². The zero-order valence-corrected chi connectivity index (χ0v) is 29.1. The second-order valence-corrected chi connectivity index (χ2v) is 15.2. The van der Waals surface area contributed by atoms with Gasteiger partial charge >= 0.3 is 0 Å². The fraction of sp³-hybridized carbons (Fsp3) is 0. The lowest BCUT2D eigenvalue weighted by atomic mass is 9.34. The normalized spacial score (nSPS) is 13.1. The van der Waals surface area contributed by atoms with Gasteiger partial charge in [0.05, 0.1) is 33.1 Å². The van der Waals surface area contributed by atoms with Crippen LogP contribution in [0.1, 0.15) is 0 Å². The van der Waals surface area contributed by atoms with E-state index in [9.17, 15) is 0 Å². The van der Waals surface area contributed by atoms with Gasteiger partial charge in [-0.15, -0.1) is 0 Å². The average molecular weight is 682 g/mol. The molecule has 14 rings (SSSR count). The molecule has 12 aromatic rings. The van der Waals surface area contributed by atoms with Gasteiger partial charge in [0.25, 0.3) is 6.71 Å². The highest BCUT2D eigenvalue weighted by Gasteiger charge is 2.43. The molecule has 0 spiro atoms. The molecule has 5 heterocycles. The SMILES string of the molecule is c1ccc(-n2c3ccccc3c3cc4c5ccccc5n5c4c(c32)B2c3c-5cccc3-n3c4ccccc4c4c5ccc6ccccc6c5cc2c43)cc1. The second-order valence-electron chi connectivity index (χ2n) is 15.2. The minimum absolute atomic E-state index is 0.00586. The lowest BCUT2D eigenvalue weighted by molar-refractivity contribution is 1.14. The van der Waals surface area contributed by atoms with Gasteiger partial charge in [-0.3, -0.25) is 0 Å². The monoisotopic (exact) mass is 681 g/mol. The van der Waals surface area contributed by atoms with Crippen molar-refractivity contribution in [3.63, 3.8) is 0 Å². The molecule has 4 heteroatoms. The van der Waals surface area contributed by atoms with Crippen LogP contribution in [0.4, 0.5) is 0 Å². The quantitative estimate of drug-likeness (QED) is 0.121. The van der Waals surface area contributed by atoms with E-state index < -0.39 is 0 Å². The van der Waals surface area contributed by atoms with Crippen molar-refractivity contribution in [1.82, 2.24) is 13.7 Å². The molecule has 0 amide bonds. The predicted molar refractivity (Wildman–Crippen MR) is 229 cm³/mol. The summed E-state index contributed by atoms with van der Waals surface area (Å²) in [6, 6.07) is 63.7. The van der Waals surface area contributed by atoms with Crippen molar-refractivity contribution in [2.75, 3.05) is 0 Å². The van der Waals surface area contributed by atoms with Gasteiger partial charge in [0.2, 0.25) is 0 Å². The lowest BCUT2D eigenvalue weighted by Gasteiger charge is -2.34. The fourth-order valence-corrected chi connectivity index (χ4v) is 10.8. The number of hydrogen-bond donors (Lipinski definition) is 0. The van der Waals surface area contributed by atoms with E-state index in [-0.39, 0.29) is 6.71 Å². The molecular formula is C50H28BN3. The summed E-state index contributed by atoms with van der Waals surface area (Å²) in [6.45, 7) is -0.00586. The topological polar surface area (TPSA) is 14.8 Å². The largest absolute Gasteiger partial charge is 0.310 e. The molecule has 2 aliphatic rings. The van der Waals surface area contributed by atoms with Gasteiger partial charge in [-0.05, 0) is 86.5 Å². The third-order valence-electron chi connectivity index (χ3n) is 12.8. The maximum Gasteiger partial charge on any atom is 0.255 e. The summed E-state index contributed by atoms with van der Waals surface area (Å²) < 4.78 is 7.73. The molecule has 3 nitrogen and oxygen atoms in total. The van der Waals surface area contributed by atoms with E-state index in [0.29, 0.717) is 0 Å². The summed E-state index contributed by atoms with van der Waals surface area (Å²) in [7, 11) is 0. The van der Waals surface area contributed by atoms with Crippen LogP contribution in [0.3, 0.4) is 0 Å². The van der Waals surface area contributed by atoms with Gasteiger partial charge in [-0.1, -0.05) is 121 Å². The molecule has 9 aromatic carbocycles. The molecule has 0 aliphatic carbocycles. The Morgan fingerprint density at radius 2 is 0.907 bits per heavy atom. The maximum absolute atomic E-state index is 2.59. The van der Waals surface area contributed by atoms with Crippen molar-refractivity contribution in [2.24, 2.45) is 0 Å². The van der Waals surface area contributed by atoms with Crippen molar-refractivity contribution >= 4 is 110 Å². The minimum Gasteiger partial charge on any atom is -0.310 e. The molecule has 3 aromatic heterocycles. The number of hydrogen-bond acceptors (Lipinski definition) is 0. The van der Waals surface area contributed by atoms with Crippen LogP contribution in [-0.2, 0) is 0 Å². The van der Waals surface area contributed by atoms with Crippen LogP contribution >= 0.6 is 0 Å². The van der Waals surface area contributed by atoms with E-state index in [1.807, 2.05) is 0 Å². The Kier molecular flexibility index (Phi) is 4.85. The van der Waals surface area contributed by atoms with Crippen LogP contribution in [0.15, 0.2) is 170 Å². The van der Waals surface area contributed by atoms with Crippen LogP contribution in [-0.4, -0.2) is 20.4 Å². The van der Waals surface area contributed by atoms with E-state index in [1.54, 1.807) is 0 Å². The highest BCUT2D eigenvalue weighted by molar-refractivity contribution is 7.02. The van der Waals surface area contributed by atoms with Crippen LogP contribution in [0, 0.1) is 0 Å². The molecule has 2 aliphatic heterocycles. The molecule has 246 valence electrons. The van der Waals surface area contributed by atoms with E-state index in [2.05, 4.69) is 184 Å². The smallest absolute Gasteiger partial charge is 0.255 e. The molecule has 0 fully saturated rings. The van der Waals surface area contributed by atoms with Crippen molar-refractivity contribution in [3.05, 3.63) is 170 Å². The lowest BCUT2D eigenvalue weighted by Crippen LogP contribution is -2.59. The third kappa shape index (κ3) is 3.08. The molecule has 0 bridgehead atoms. The molecule has 0 radical (unpaired) electrons. The van der Waals surface area contributed by atoms with Crippen LogP contribution in [0.2, 0.25) is 0 Å². The van der Waals surface area contributed by atoms with Gasteiger partial charge in [0.1, 0.15) is 0 Å². The number of rotatable bonds is 1. The van der Waals surface area contributed by atoms with Crippen LogP contribution in [0.25, 0.3) is 104 Å². The Balaban J connectivity index is 1.30. The van der Waals surface area contributed by atoms with Gasteiger partial charge in [0.15, 0.2) is 0 Å². The number of nitrogens with zero attached hydrogens (tertiary/aromatic N) is 3. The number of fused-ring (bicyclic) bond motifs is 18. The highest BCUT2D eigenvalue weighted by Crippen LogP contribution is 2.44. The van der Waals surface area contributed by atoms with Crippen molar-refractivity contribution < 1.29 is 0 Å². The predicted octanol–water partition coefficient (Wildman–Crippen LogP) is 10.4. The first-order valence-corrected chi connectivity index (χ1v) is 18.9. The van der Waals surface area contributed by atoms with Crippen LogP contribution in [0.5, 0.6) is 0 Å². The molecule has 54 heavy (non-hydrogen) atoms. The minimum atomic E-state index is -0.00586. The Bertz CT molecular complexity index is 3670. The summed E-state index contributed by atoms with van der Waals surface area (Å²) in [5.74, 6) is 0. The summed E-state index contributed by atoms with van der Waals surface area (Å²) in [4.78, 5) is 0. The van der Waals surface area contributed by atoms with Gasteiger partial charge in [-0.25, -0.2) is 0 Å². The number of para-hydroxylation sites is 4. The summed E-state index contributed by atoms with van der Waals surface area (Å²) in [6.07, 6.45) is 0. The summed E-state index contributed by atoms with van der Waals surface area (Å²) in [5.41, 5.74) is 15.5. The second kappa shape index (κ2) is 9.49. The Labute approximate surface area is 309 Å². The van der Waals surface area contributed by atoms with E-state index in [4.69, 9.17) is 0 Å². The zero-order chi connectivity index (χ0) is 34.8.